The number of hydrogen-bond acceptors (Lipinski definition) is 6. The molecule has 0 saturated heterocycles. The number of ether oxygens (including phenoxy) is 1. The van der Waals surface area contributed by atoms with E-state index in [1.807, 2.05) is 32.0 Å². The summed E-state index contributed by atoms with van der Waals surface area (Å²) in [4.78, 5) is 12.3. The summed E-state index contributed by atoms with van der Waals surface area (Å²) in [5, 5.41) is 14.7. The number of carbonyl (C=O) groups excluding carboxylic acids is 1. The fourth-order valence-corrected chi connectivity index (χ4v) is 3.31. The normalized spacial score (nSPS) is 10.9. The Morgan fingerprint density at radius 1 is 1.18 bits per heavy atom. The van der Waals surface area contributed by atoms with E-state index < -0.39 is 12.5 Å². The van der Waals surface area contributed by atoms with E-state index in [1.54, 1.807) is 16.8 Å². The number of nitrogens with zero attached hydrogens (tertiary/aromatic N) is 4. The number of alkyl halides is 2. The van der Waals surface area contributed by atoms with Crippen LogP contribution in [0.25, 0.3) is 5.69 Å². The molecule has 0 unspecified atom stereocenters. The van der Waals surface area contributed by atoms with E-state index >= 15 is 0 Å². The third kappa shape index (κ3) is 4.63. The van der Waals surface area contributed by atoms with Crippen molar-refractivity contribution >= 4 is 23.4 Å². The lowest BCUT2D eigenvalue weighted by molar-refractivity contribution is -0.113. The molecule has 3 aromatic rings. The fraction of sp³-hybridized carbons (Fsp3) is 0.222. The van der Waals surface area contributed by atoms with Crippen molar-refractivity contribution in [2.75, 3.05) is 11.1 Å². The number of benzene rings is 2. The van der Waals surface area contributed by atoms with E-state index in [1.165, 1.54) is 12.1 Å². The number of thioether (sulfide) groups is 1. The molecule has 3 rings (SSSR count). The number of tetrazole rings is 1. The van der Waals surface area contributed by atoms with Crippen LogP contribution in [-0.4, -0.2) is 38.5 Å². The number of hydrogen-bond donors (Lipinski definition) is 1. The molecule has 0 saturated carbocycles. The molecule has 1 N–H and O–H groups in total. The van der Waals surface area contributed by atoms with Crippen molar-refractivity contribution in [2.45, 2.75) is 25.6 Å². The van der Waals surface area contributed by atoms with E-state index in [-0.39, 0.29) is 17.2 Å². The maximum atomic E-state index is 12.5. The maximum absolute atomic E-state index is 12.5. The summed E-state index contributed by atoms with van der Waals surface area (Å²) < 4.78 is 30.9. The molecule has 0 aliphatic carbocycles. The van der Waals surface area contributed by atoms with Crippen molar-refractivity contribution in [1.29, 1.82) is 0 Å². The molecule has 0 atom stereocenters. The Morgan fingerprint density at radius 2 is 1.89 bits per heavy atom. The molecule has 1 amide bonds. The predicted molar refractivity (Wildman–Crippen MR) is 101 cm³/mol. The standard InChI is InChI=1S/C18H17F2N5O2S/c1-11-6-5-7-12(2)16(11)25-18(22-23-24-25)28-10-15(26)21-13-8-3-4-9-14(13)27-17(19)20/h3-9,17H,10H2,1-2H3,(H,21,26). The number of nitrogens with one attached hydrogen (secondary N) is 1. The minimum absolute atomic E-state index is 0.00564. The number of para-hydroxylation sites is 3. The largest absolute Gasteiger partial charge is 0.433 e. The Bertz CT molecular complexity index is 960. The first-order chi connectivity index (χ1) is 13.5. The van der Waals surface area contributed by atoms with Gasteiger partial charge >= 0.3 is 6.61 Å². The molecule has 2 aromatic carbocycles. The zero-order valence-corrected chi connectivity index (χ0v) is 15.9. The molecule has 0 spiro atoms. The van der Waals surface area contributed by atoms with E-state index in [4.69, 9.17) is 0 Å². The van der Waals surface area contributed by atoms with E-state index in [9.17, 15) is 13.6 Å². The summed E-state index contributed by atoms with van der Waals surface area (Å²) >= 11 is 1.14. The van der Waals surface area contributed by atoms with Gasteiger partial charge in [0, 0.05) is 0 Å². The molecule has 0 aliphatic heterocycles. The minimum atomic E-state index is -2.98. The zero-order chi connectivity index (χ0) is 20.1. The van der Waals surface area contributed by atoms with Crippen LogP contribution in [0.4, 0.5) is 14.5 Å². The van der Waals surface area contributed by atoms with Gasteiger partial charge in [0.05, 0.1) is 17.1 Å². The predicted octanol–water partition coefficient (Wildman–Crippen LogP) is 3.61. The van der Waals surface area contributed by atoms with Crippen LogP contribution in [0.1, 0.15) is 11.1 Å². The Morgan fingerprint density at radius 3 is 2.61 bits per heavy atom. The molecular formula is C18H17F2N5O2S. The first kappa shape index (κ1) is 19.7. The van der Waals surface area contributed by atoms with Gasteiger partial charge in [-0.05, 0) is 47.5 Å². The smallest absolute Gasteiger partial charge is 0.387 e. The highest BCUT2D eigenvalue weighted by Crippen LogP contribution is 2.27. The lowest BCUT2D eigenvalue weighted by atomic mass is 10.1. The van der Waals surface area contributed by atoms with E-state index in [2.05, 4.69) is 25.6 Å². The lowest BCUT2D eigenvalue weighted by Gasteiger charge is -2.12. The second-order valence-corrected chi connectivity index (χ2v) is 6.77. The Balaban J connectivity index is 1.70. The van der Waals surface area contributed by atoms with Gasteiger partial charge in [-0.2, -0.15) is 13.5 Å². The van der Waals surface area contributed by atoms with Gasteiger partial charge in [-0.15, -0.1) is 5.10 Å². The second-order valence-electron chi connectivity index (χ2n) is 5.83. The summed E-state index contributed by atoms with van der Waals surface area (Å²) in [6.07, 6.45) is 0. The second kappa shape index (κ2) is 8.79. The third-order valence-corrected chi connectivity index (χ3v) is 4.72. The number of anilines is 1. The maximum Gasteiger partial charge on any atom is 0.387 e. The van der Waals surface area contributed by atoms with Crippen LogP contribution in [0.5, 0.6) is 5.75 Å². The van der Waals surface area contributed by atoms with Crippen LogP contribution >= 0.6 is 11.8 Å². The zero-order valence-electron chi connectivity index (χ0n) is 15.1. The van der Waals surface area contributed by atoms with Gasteiger partial charge in [0.1, 0.15) is 5.75 Å². The topological polar surface area (TPSA) is 81.9 Å². The number of aryl methyl sites for hydroxylation is 2. The first-order valence-electron chi connectivity index (χ1n) is 8.27. The van der Waals surface area contributed by atoms with Gasteiger partial charge in [-0.25, -0.2) is 0 Å². The Hall–Kier alpha value is -3.01. The van der Waals surface area contributed by atoms with Gasteiger partial charge in [0.25, 0.3) is 0 Å². The van der Waals surface area contributed by atoms with Gasteiger partial charge in [0.2, 0.25) is 11.1 Å². The molecule has 10 heteroatoms. The number of halogens is 2. The number of amides is 1. The van der Waals surface area contributed by atoms with Gasteiger partial charge in [-0.3, -0.25) is 4.79 Å². The average molecular weight is 405 g/mol. The van der Waals surface area contributed by atoms with Gasteiger partial charge in [-0.1, -0.05) is 42.1 Å². The molecule has 0 aliphatic rings. The summed E-state index contributed by atoms with van der Waals surface area (Å²) in [5.41, 5.74) is 3.02. The van der Waals surface area contributed by atoms with Crippen LogP contribution in [0.3, 0.4) is 0 Å². The van der Waals surface area contributed by atoms with E-state index in [0.29, 0.717) is 5.16 Å². The highest BCUT2D eigenvalue weighted by atomic mass is 32.2. The highest BCUT2D eigenvalue weighted by Gasteiger charge is 2.16. The summed E-state index contributed by atoms with van der Waals surface area (Å²) in [6, 6.07) is 11.8. The summed E-state index contributed by atoms with van der Waals surface area (Å²) in [7, 11) is 0. The van der Waals surface area contributed by atoms with Crippen molar-refractivity contribution in [3.8, 4) is 11.4 Å². The molecule has 1 aromatic heterocycles. The summed E-state index contributed by atoms with van der Waals surface area (Å²) in [6.45, 7) is 0.922. The van der Waals surface area contributed by atoms with Crippen molar-refractivity contribution in [2.24, 2.45) is 0 Å². The van der Waals surface area contributed by atoms with Crippen LogP contribution < -0.4 is 10.1 Å². The van der Waals surface area contributed by atoms with Crippen molar-refractivity contribution in [3.63, 3.8) is 0 Å². The monoisotopic (exact) mass is 405 g/mol. The molecule has 0 radical (unpaired) electrons. The minimum Gasteiger partial charge on any atom is -0.433 e. The molecule has 0 bridgehead atoms. The van der Waals surface area contributed by atoms with E-state index in [0.717, 1.165) is 28.6 Å². The molecule has 7 nitrogen and oxygen atoms in total. The highest BCUT2D eigenvalue weighted by molar-refractivity contribution is 7.99. The van der Waals surface area contributed by atoms with Crippen LogP contribution in [0.2, 0.25) is 0 Å². The molecule has 28 heavy (non-hydrogen) atoms. The number of carbonyl (C=O) groups is 1. The van der Waals surface area contributed by atoms with Crippen LogP contribution in [0, 0.1) is 13.8 Å². The first-order valence-corrected chi connectivity index (χ1v) is 9.25. The Labute approximate surface area is 164 Å². The lowest BCUT2D eigenvalue weighted by Crippen LogP contribution is -2.16. The Kier molecular flexibility index (Phi) is 6.19. The van der Waals surface area contributed by atoms with Crippen molar-refractivity contribution in [3.05, 3.63) is 53.6 Å². The van der Waals surface area contributed by atoms with Crippen LogP contribution in [0.15, 0.2) is 47.6 Å². The fourth-order valence-electron chi connectivity index (χ4n) is 2.63. The van der Waals surface area contributed by atoms with Crippen molar-refractivity contribution in [1.82, 2.24) is 20.2 Å². The molecule has 1 heterocycles. The molecule has 146 valence electrons. The quantitative estimate of drug-likeness (QED) is 0.605. The van der Waals surface area contributed by atoms with Gasteiger partial charge < -0.3 is 10.1 Å². The number of aromatic nitrogens is 4. The van der Waals surface area contributed by atoms with Gasteiger partial charge in [0.15, 0.2) is 0 Å². The molecular weight excluding hydrogens is 388 g/mol. The molecule has 0 fully saturated rings. The van der Waals surface area contributed by atoms with Crippen LogP contribution in [-0.2, 0) is 4.79 Å². The number of rotatable bonds is 7. The SMILES string of the molecule is Cc1cccc(C)c1-n1nnnc1SCC(=O)Nc1ccccc1OC(F)F. The summed E-state index contributed by atoms with van der Waals surface area (Å²) in [5.74, 6) is -0.503. The van der Waals surface area contributed by atoms with Crippen molar-refractivity contribution < 1.29 is 18.3 Å². The average Bonchev–Trinajstić information content (AvgIpc) is 3.09. The third-order valence-electron chi connectivity index (χ3n) is 3.80.